The molecule has 1 aromatic rings. The van der Waals surface area contributed by atoms with E-state index in [-0.39, 0.29) is 11.9 Å². The lowest BCUT2D eigenvalue weighted by Gasteiger charge is -2.20. The summed E-state index contributed by atoms with van der Waals surface area (Å²) in [6.45, 7) is 0. The molecule has 0 spiro atoms. The quantitative estimate of drug-likeness (QED) is 0.887. The zero-order valence-electron chi connectivity index (χ0n) is 11.3. The minimum absolute atomic E-state index is 0.0835. The Morgan fingerprint density at radius 1 is 1.28 bits per heavy atom. The highest BCUT2D eigenvalue weighted by Gasteiger charge is 2.16. The van der Waals surface area contributed by atoms with Crippen LogP contribution in [0.2, 0.25) is 0 Å². The number of nitrogens with two attached hydrogens (primary N) is 1. The molecule has 0 saturated heterocycles. The van der Waals surface area contributed by atoms with Crippen LogP contribution >= 0.6 is 0 Å². The Bertz CT molecular complexity index is 440. The normalized spacial score (nSPS) is 15.9. The fourth-order valence-corrected chi connectivity index (χ4v) is 2.47. The molecular formula is C15H22N2O. The van der Waals surface area contributed by atoms with Crippen molar-refractivity contribution in [2.24, 2.45) is 5.73 Å². The molecule has 0 radical (unpaired) electrons. The van der Waals surface area contributed by atoms with E-state index in [4.69, 9.17) is 5.73 Å². The highest BCUT2D eigenvalue weighted by molar-refractivity contribution is 5.76. The van der Waals surface area contributed by atoms with Gasteiger partial charge in [0.25, 0.3) is 0 Å². The van der Waals surface area contributed by atoms with Crippen molar-refractivity contribution in [3.63, 3.8) is 0 Å². The van der Waals surface area contributed by atoms with Crippen LogP contribution in [0, 0.1) is 0 Å². The van der Waals surface area contributed by atoms with Crippen LogP contribution in [0.15, 0.2) is 18.2 Å². The van der Waals surface area contributed by atoms with E-state index in [1.807, 2.05) is 0 Å². The van der Waals surface area contributed by atoms with Crippen molar-refractivity contribution in [2.75, 3.05) is 14.1 Å². The molecule has 1 aliphatic rings. The molecule has 1 amide bonds. The van der Waals surface area contributed by atoms with Crippen LogP contribution in [0.25, 0.3) is 0 Å². The van der Waals surface area contributed by atoms with Crippen LogP contribution in [-0.2, 0) is 17.6 Å². The Labute approximate surface area is 109 Å². The fraction of sp³-hybridized carbons (Fsp3) is 0.533. The van der Waals surface area contributed by atoms with Gasteiger partial charge >= 0.3 is 0 Å². The van der Waals surface area contributed by atoms with Gasteiger partial charge in [0.05, 0.1) is 0 Å². The maximum absolute atomic E-state index is 11.7. The first-order valence-corrected chi connectivity index (χ1v) is 6.65. The highest BCUT2D eigenvalue weighted by Crippen LogP contribution is 2.25. The van der Waals surface area contributed by atoms with Crippen LogP contribution in [0.3, 0.4) is 0 Å². The van der Waals surface area contributed by atoms with Crippen molar-refractivity contribution in [1.82, 2.24) is 4.90 Å². The zero-order valence-corrected chi connectivity index (χ0v) is 11.3. The summed E-state index contributed by atoms with van der Waals surface area (Å²) in [6.07, 6.45) is 5.27. The second-order valence-corrected chi connectivity index (χ2v) is 5.33. The molecule has 1 aromatic carbocycles. The zero-order chi connectivity index (χ0) is 13.1. The van der Waals surface area contributed by atoms with Crippen molar-refractivity contribution >= 4 is 5.91 Å². The van der Waals surface area contributed by atoms with Gasteiger partial charge in [0.2, 0.25) is 5.91 Å². The lowest BCUT2D eigenvalue weighted by atomic mass is 9.89. The van der Waals surface area contributed by atoms with Crippen molar-refractivity contribution in [3.05, 3.63) is 34.9 Å². The van der Waals surface area contributed by atoms with Crippen molar-refractivity contribution in [2.45, 2.75) is 38.1 Å². The smallest absolute Gasteiger partial charge is 0.223 e. The van der Waals surface area contributed by atoms with E-state index in [9.17, 15) is 4.79 Å². The van der Waals surface area contributed by atoms with Gasteiger partial charge in [0.15, 0.2) is 0 Å². The molecule has 3 heteroatoms. The van der Waals surface area contributed by atoms with Crippen LogP contribution in [0.4, 0.5) is 0 Å². The standard InChI is InChI=1S/C15H22N2O/c1-17(2)15(18)10-14(16)13-8-7-11-5-3-4-6-12(11)9-13/h7-9,14H,3-6,10,16H2,1-2H3. The predicted molar refractivity (Wildman–Crippen MR) is 73.3 cm³/mol. The molecule has 0 bridgehead atoms. The summed E-state index contributed by atoms with van der Waals surface area (Å²) in [5, 5.41) is 0. The van der Waals surface area contributed by atoms with E-state index in [1.165, 1.54) is 30.4 Å². The highest BCUT2D eigenvalue weighted by atomic mass is 16.2. The summed E-state index contributed by atoms with van der Waals surface area (Å²) in [7, 11) is 3.53. The number of rotatable bonds is 3. The number of nitrogens with zero attached hydrogens (tertiary/aromatic N) is 1. The van der Waals surface area contributed by atoms with Crippen LogP contribution in [0.1, 0.15) is 42.0 Å². The molecular weight excluding hydrogens is 224 g/mol. The average Bonchev–Trinajstić information content (AvgIpc) is 2.37. The SMILES string of the molecule is CN(C)C(=O)CC(N)c1ccc2c(c1)CCCC2. The lowest BCUT2D eigenvalue weighted by molar-refractivity contribution is -0.129. The third-order valence-corrected chi connectivity index (χ3v) is 3.69. The second-order valence-electron chi connectivity index (χ2n) is 5.33. The second kappa shape index (κ2) is 5.53. The Morgan fingerprint density at radius 3 is 2.61 bits per heavy atom. The number of hydrogen-bond donors (Lipinski definition) is 1. The molecule has 18 heavy (non-hydrogen) atoms. The van der Waals surface area contributed by atoms with Crippen LogP contribution in [-0.4, -0.2) is 24.9 Å². The summed E-state index contributed by atoms with van der Waals surface area (Å²) in [5.74, 6) is 0.0835. The van der Waals surface area contributed by atoms with E-state index < -0.39 is 0 Å². The molecule has 0 aliphatic heterocycles. The third kappa shape index (κ3) is 2.91. The topological polar surface area (TPSA) is 46.3 Å². The number of carbonyl (C=O) groups excluding carboxylic acids is 1. The third-order valence-electron chi connectivity index (χ3n) is 3.69. The average molecular weight is 246 g/mol. The van der Waals surface area contributed by atoms with Gasteiger partial charge in [-0.25, -0.2) is 0 Å². The minimum Gasteiger partial charge on any atom is -0.349 e. The number of aryl methyl sites for hydroxylation is 2. The van der Waals surface area contributed by atoms with E-state index in [2.05, 4.69) is 18.2 Å². The van der Waals surface area contributed by atoms with E-state index in [0.717, 1.165) is 12.0 Å². The van der Waals surface area contributed by atoms with E-state index in [1.54, 1.807) is 19.0 Å². The molecule has 0 fully saturated rings. The molecule has 1 atom stereocenters. The van der Waals surface area contributed by atoms with Gasteiger partial charge in [-0.15, -0.1) is 0 Å². The van der Waals surface area contributed by atoms with Crippen LogP contribution in [0.5, 0.6) is 0 Å². The molecule has 3 nitrogen and oxygen atoms in total. The minimum atomic E-state index is -0.188. The van der Waals surface area contributed by atoms with Gasteiger partial charge in [-0.2, -0.15) is 0 Å². The van der Waals surface area contributed by atoms with Crippen molar-refractivity contribution in [1.29, 1.82) is 0 Å². The summed E-state index contributed by atoms with van der Waals surface area (Å²) >= 11 is 0. The summed E-state index contributed by atoms with van der Waals surface area (Å²) in [4.78, 5) is 13.3. The summed E-state index contributed by atoms with van der Waals surface area (Å²) in [6, 6.07) is 6.27. The van der Waals surface area contributed by atoms with Gasteiger partial charge in [-0.1, -0.05) is 18.2 Å². The van der Waals surface area contributed by atoms with Gasteiger partial charge in [-0.05, 0) is 42.4 Å². The lowest BCUT2D eigenvalue weighted by Crippen LogP contribution is -2.26. The molecule has 0 aromatic heterocycles. The Kier molecular flexibility index (Phi) is 4.02. The first-order chi connectivity index (χ1) is 8.58. The van der Waals surface area contributed by atoms with Gasteiger partial charge in [0, 0.05) is 26.6 Å². The fourth-order valence-electron chi connectivity index (χ4n) is 2.47. The van der Waals surface area contributed by atoms with Gasteiger partial charge < -0.3 is 10.6 Å². The molecule has 2 rings (SSSR count). The Balaban J connectivity index is 2.11. The largest absolute Gasteiger partial charge is 0.349 e. The Morgan fingerprint density at radius 2 is 1.94 bits per heavy atom. The first-order valence-electron chi connectivity index (χ1n) is 6.65. The summed E-state index contributed by atoms with van der Waals surface area (Å²) < 4.78 is 0. The number of amides is 1. The van der Waals surface area contributed by atoms with Crippen molar-refractivity contribution in [3.8, 4) is 0 Å². The number of benzene rings is 1. The molecule has 1 aliphatic carbocycles. The molecule has 0 heterocycles. The predicted octanol–water partition coefficient (Wildman–Crippen LogP) is 2.04. The maximum atomic E-state index is 11.7. The molecule has 1 unspecified atom stereocenters. The number of fused-ring (bicyclic) bond motifs is 1. The summed E-state index contributed by atoms with van der Waals surface area (Å²) in [5.41, 5.74) is 10.1. The monoisotopic (exact) mass is 246 g/mol. The molecule has 2 N–H and O–H groups in total. The number of carbonyl (C=O) groups is 1. The number of hydrogen-bond acceptors (Lipinski definition) is 2. The first kappa shape index (κ1) is 13.1. The van der Waals surface area contributed by atoms with Crippen LogP contribution < -0.4 is 5.73 Å². The maximum Gasteiger partial charge on any atom is 0.223 e. The Hall–Kier alpha value is -1.35. The molecule has 98 valence electrons. The van der Waals surface area contributed by atoms with Gasteiger partial charge in [-0.3, -0.25) is 4.79 Å². The molecule has 0 saturated carbocycles. The van der Waals surface area contributed by atoms with Crippen molar-refractivity contribution < 1.29 is 4.79 Å². The van der Waals surface area contributed by atoms with E-state index >= 15 is 0 Å². The van der Waals surface area contributed by atoms with E-state index in [0.29, 0.717) is 6.42 Å². The van der Waals surface area contributed by atoms with Gasteiger partial charge in [0.1, 0.15) is 0 Å².